The first-order valence-corrected chi connectivity index (χ1v) is 8.67. The van der Waals surface area contributed by atoms with Crippen molar-refractivity contribution in [1.82, 2.24) is 10.2 Å². The second-order valence-electron chi connectivity index (χ2n) is 7.24. The van der Waals surface area contributed by atoms with Crippen molar-refractivity contribution in [1.29, 1.82) is 0 Å². The van der Waals surface area contributed by atoms with Gasteiger partial charge in [-0.3, -0.25) is 0 Å². The third kappa shape index (κ3) is 5.54. The van der Waals surface area contributed by atoms with Gasteiger partial charge in [-0.15, -0.1) is 0 Å². The molecule has 0 saturated heterocycles. The van der Waals surface area contributed by atoms with Crippen LogP contribution in [0.5, 0.6) is 0 Å². The summed E-state index contributed by atoms with van der Waals surface area (Å²) in [5.74, 6) is 0. The third-order valence-corrected chi connectivity index (χ3v) is 4.12. The highest BCUT2D eigenvalue weighted by Gasteiger charge is 2.22. The number of hydrogen-bond donors (Lipinski definition) is 1. The van der Waals surface area contributed by atoms with Gasteiger partial charge >= 0.3 is 6.09 Å². The fourth-order valence-corrected chi connectivity index (χ4v) is 2.98. The molecule has 0 heterocycles. The smallest absolute Gasteiger partial charge is 0.410 e. The van der Waals surface area contributed by atoms with Gasteiger partial charge < -0.3 is 15.0 Å². The summed E-state index contributed by atoms with van der Waals surface area (Å²) in [6.45, 7) is 10.0. The van der Waals surface area contributed by atoms with Gasteiger partial charge in [0, 0.05) is 19.1 Å². The molecule has 0 aliphatic heterocycles. The number of ether oxygens (including phenoxy) is 1. The van der Waals surface area contributed by atoms with Crippen molar-refractivity contribution in [3.8, 4) is 0 Å². The Morgan fingerprint density at radius 1 is 1.26 bits per heavy atom. The Morgan fingerprint density at radius 2 is 1.87 bits per heavy atom. The van der Waals surface area contributed by atoms with E-state index in [-0.39, 0.29) is 6.09 Å². The first kappa shape index (κ1) is 17.8. The number of rotatable bonds is 6. The Labute approximate surface area is 140 Å². The molecule has 0 unspecified atom stereocenters. The van der Waals surface area contributed by atoms with E-state index in [2.05, 4.69) is 29.6 Å². The number of fused-ring (bicyclic) bond motifs is 1. The van der Waals surface area contributed by atoms with Crippen molar-refractivity contribution in [2.45, 2.75) is 58.6 Å². The van der Waals surface area contributed by atoms with E-state index in [4.69, 9.17) is 4.74 Å². The zero-order valence-electron chi connectivity index (χ0n) is 14.9. The van der Waals surface area contributed by atoms with E-state index >= 15 is 0 Å². The standard InChI is InChI=1S/C19H30N2O2/c1-5-21(18(22)23-19(2,3)4)12-8-11-20-17-13-15-9-6-7-10-16(15)14-17/h6-7,9-10,17,20H,5,8,11-14H2,1-4H3. The molecule has 0 atom stereocenters. The Morgan fingerprint density at radius 3 is 2.39 bits per heavy atom. The molecule has 4 heteroatoms. The third-order valence-electron chi connectivity index (χ3n) is 4.12. The molecule has 1 amide bonds. The molecular formula is C19H30N2O2. The maximum absolute atomic E-state index is 12.1. The van der Waals surface area contributed by atoms with E-state index in [0.717, 1.165) is 32.4 Å². The lowest BCUT2D eigenvalue weighted by molar-refractivity contribution is 0.0258. The van der Waals surface area contributed by atoms with Crippen LogP contribution in [0.4, 0.5) is 4.79 Å². The number of nitrogens with zero attached hydrogens (tertiary/aromatic N) is 1. The lowest BCUT2D eigenvalue weighted by Gasteiger charge is -2.26. The second kappa shape index (κ2) is 7.82. The highest BCUT2D eigenvalue weighted by Crippen LogP contribution is 2.21. The predicted octanol–water partition coefficient (Wildman–Crippen LogP) is 3.39. The van der Waals surface area contributed by atoms with Crippen molar-refractivity contribution < 1.29 is 9.53 Å². The summed E-state index contributed by atoms with van der Waals surface area (Å²) in [6.07, 6.45) is 2.95. The molecule has 128 valence electrons. The average molecular weight is 318 g/mol. The summed E-state index contributed by atoms with van der Waals surface area (Å²) in [4.78, 5) is 13.8. The monoisotopic (exact) mass is 318 g/mol. The van der Waals surface area contributed by atoms with Crippen LogP contribution < -0.4 is 5.32 Å². The van der Waals surface area contributed by atoms with E-state index in [0.29, 0.717) is 12.6 Å². The van der Waals surface area contributed by atoms with Crippen LogP contribution in [-0.2, 0) is 17.6 Å². The first-order valence-electron chi connectivity index (χ1n) is 8.67. The predicted molar refractivity (Wildman–Crippen MR) is 93.7 cm³/mol. The molecule has 4 nitrogen and oxygen atoms in total. The molecular weight excluding hydrogens is 288 g/mol. The molecule has 0 aromatic heterocycles. The van der Waals surface area contributed by atoms with E-state index < -0.39 is 5.60 Å². The molecule has 23 heavy (non-hydrogen) atoms. The topological polar surface area (TPSA) is 41.6 Å². The van der Waals surface area contributed by atoms with Crippen LogP contribution in [0.1, 0.15) is 45.2 Å². The largest absolute Gasteiger partial charge is 0.444 e. The Kier molecular flexibility index (Phi) is 6.05. The van der Waals surface area contributed by atoms with Crippen molar-refractivity contribution in [2.75, 3.05) is 19.6 Å². The SMILES string of the molecule is CCN(CCCNC1Cc2ccccc2C1)C(=O)OC(C)(C)C. The van der Waals surface area contributed by atoms with Crippen LogP contribution in [0.3, 0.4) is 0 Å². The van der Waals surface area contributed by atoms with Crippen molar-refractivity contribution in [2.24, 2.45) is 0 Å². The van der Waals surface area contributed by atoms with Gasteiger partial charge in [-0.2, -0.15) is 0 Å². The highest BCUT2D eigenvalue weighted by molar-refractivity contribution is 5.68. The van der Waals surface area contributed by atoms with Crippen molar-refractivity contribution >= 4 is 6.09 Å². The van der Waals surface area contributed by atoms with Gasteiger partial charge in [-0.25, -0.2) is 4.79 Å². The molecule has 1 aromatic rings. The van der Waals surface area contributed by atoms with Gasteiger partial charge in [0.25, 0.3) is 0 Å². The normalized spacial score (nSPS) is 14.6. The zero-order valence-corrected chi connectivity index (χ0v) is 14.9. The molecule has 0 spiro atoms. The van der Waals surface area contributed by atoms with Crippen LogP contribution in [0.15, 0.2) is 24.3 Å². The number of carbonyl (C=O) groups excluding carboxylic acids is 1. The lowest BCUT2D eigenvalue weighted by atomic mass is 10.1. The molecule has 0 saturated carbocycles. The molecule has 1 aliphatic carbocycles. The molecule has 1 aromatic carbocycles. The van der Waals surface area contributed by atoms with Gasteiger partial charge in [0.05, 0.1) is 0 Å². The molecule has 1 N–H and O–H groups in total. The second-order valence-corrected chi connectivity index (χ2v) is 7.24. The number of carbonyl (C=O) groups is 1. The van der Waals surface area contributed by atoms with E-state index in [1.807, 2.05) is 27.7 Å². The van der Waals surface area contributed by atoms with Crippen molar-refractivity contribution in [3.05, 3.63) is 35.4 Å². The summed E-state index contributed by atoms with van der Waals surface area (Å²) in [5, 5.41) is 3.62. The maximum Gasteiger partial charge on any atom is 0.410 e. The molecule has 0 bridgehead atoms. The summed E-state index contributed by atoms with van der Waals surface area (Å²) >= 11 is 0. The maximum atomic E-state index is 12.1. The van der Waals surface area contributed by atoms with Gasteiger partial charge in [0.15, 0.2) is 0 Å². The van der Waals surface area contributed by atoms with Gasteiger partial charge in [-0.1, -0.05) is 24.3 Å². The van der Waals surface area contributed by atoms with Crippen LogP contribution in [-0.4, -0.2) is 42.3 Å². The molecule has 2 rings (SSSR count). The number of hydrogen-bond acceptors (Lipinski definition) is 3. The molecule has 0 fully saturated rings. The minimum absolute atomic E-state index is 0.215. The Bertz CT molecular complexity index is 497. The quantitative estimate of drug-likeness (QED) is 0.818. The fourth-order valence-electron chi connectivity index (χ4n) is 2.98. The number of nitrogens with one attached hydrogen (secondary N) is 1. The van der Waals surface area contributed by atoms with Gasteiger partial charge in [-0.05, 0) is 64.6 Å². The fraction of sp³-hybridized carbons (Fsp3) is 0.632. The summed E-state index contributed by atoms with van der Waals surface area (Å²) in [6, 6.07) is 9.20. The number of benzene rings is 1. The summed E-state index contributed by atoms with van der Waals surface area (Å²) < 4.78 is 5.43. The summed E-state index contributed by atoms with van der Waals surface area (Å²) in [5.41, 5.74) is 2.50. The van der Waals surface area contributed by atoms with E-state index in [1.165, 1.54) is 11.1 Å². The lowest BCUT2D eigenvalue weighted by Crippen LogP contribution is -2.39. The minimum atomic E-state index is -0.432. The van der Waals surface area contributed by atoms with E-state index in [9.17, 15) is 4.79 Å². The van der Waals surface area contributed by atoms with Crippen molar-refractivity contribution in [3.63, 3.8) is 0 Å². The Hall–Kier alpha value is -1.55. The first-order chi connectivity index (χ1) is 10.9. The van der Waals surface area contributed by atoms with Crippen LogP contribution in [0, 0.1) is 0 Å². The van der Waals surface area contributed by atoms with Crippen LogP contribution >= 0.6 is 0 Å². The Balaban J connectivity index is 1.68. The average Bonchev–Trinajstić information content (AvgIpc) is 2.88. The van der Waals surface area contributed by atoms with Gasteiger partial charge in [0.1, 0.15) is 5.60 Å². The van der Waals surface area contributed by atoms with Crippen LogP contribution in [0.2, 0.25) is 0 Å². The highest BCUT2D eigenvalue weighted by atomic mass is 16.6. The number of amides is 1. The minimum Gasteiger partial charge on any atom is -0.444 e. The summed E-state index contributed by atoms with van der Waals surface area (Å²) in [7, 11) is 0. The van der Waals surface area contributed by atoms with E-state index in [1.54, 1.807) is 4.90 Å². The van der Waals surface area contributed by atoms with Gasteiger partial charge in [0.2, 0.25) is 0 Å². The zero-order chi connectivity index (χ0) is 16.9. The molecule has 1 aliphatic rings. The van der Waals surface area contributed by atoms with Crippen LogP contribution in [0.25, 0.3) is 0 Å². The molecule has 0 radical (unpaired) electrons.